The molecule has 0 bridgehead atoms. The molecule has 0 amide bonds. The maximum absolute atomic E-state index is 5.17. The van der Waals surface area contributed by atoms with E-state index in [-0.39, 0.29) is 0 Å². The lowest BCUT2D eigenvalue weighted by Crippen LogP contribution is -1.97. The first-order valence-electron chi connectivity index (χ1n) is 5.48. The predicted molar refractivity (Wildman–Crippen MR) is 69.4 cm³/mol. The van der Waals surface area contributed by atoms with Crippen molar-refractivity contribution in [3.63, 3.8) is 0 Å². The molecule has 1 rings (SSSR count). The van der Waals surface area contributed by atoms with Gasteiger partial charge in [0.2, 0.25) is 0 Å². The highest BCUT2D eigenvalue weighted by Gasteiger charge is 2.10. The Morgan fingerprint density at radius 1 is 1.20 bits per heavy atom. The van der Waals surface area contributed by atoms with Gasteiger partial charge in [-0.1, -0.05) is 26.0 Å². The van der Waals surface area contributed by atoms with E-state index in [0.29, 0.717) is 0 Å². The minimum Gasteiger partial charge on any atom is -0.497 e. The Morgan fingerprint density at radius 2 is 1.80 bits per heavy atom. The Morgan fingerprint density at radius 3 is 2.20 bits per heavy atom. The molecule has 0 aliphatic heterocycles. The third-order valence-electron chi connectivity index (χ3n) is 2.57. The van der Waals surface area contributed by atoms with Crippen LogP contribution in [0.2, 0.25) is 0 Å². The summed E-state index contributed by atoms with van der Waals surface area (Å²) in [6, 6.07) is 8.51. The second-order valence-corrected chi connectivity index (χ2v) is 5.52. The van der Waals surface area contributed by atoms with E-state index in [2.05, 4.69) is 44.8 Å². The fraction of sp³-hybridized carbons (Fsp3) is 0.538. The van der Waals surface area contributed by atoms with Crippen LogP contribution in [-0.4, -0.2) is 13.8 Å². The summed E-state index contributed by atoms with van der Waals surface area (Å²) in [6.45, 7) is 6.87. The third-order valence-corrected chi connectivity index (χ3v) is 3.84. The molecule has 15 heavy (non-hydrogen) atoms. The minimum atomic E-state index is 0.718. The summed E-state index contributed by atoms with van der Waals surface area (Å²) in [6.07, 6.45) is 1.28. The zero-order valence-electron chi connectivity index (χ0n) is 10.1. The van der Waals surface area contributed by atoms with Crippen LogP contribution in [0.15, 0.2) is 24.3 Å². The fourth-order valence-corrected chi connectivity index (χ4v) is 2.96. The number of hydrogen-bond donors (Lipinski definition) is 0. The van der Waals surface area contributed by atoms with Crippen LogP contribution in [0.4, 0.5) is 0 Å². The van der Waals surface area contributed by atoms with Gasteiger partial charge < -0.3 is 4.74 Å². The van der Waals surface area contributed by atoms with Crippen molar-refractivity contribution in [2.24, 2.45) is 5.92 Å². The molecular formula is C13H21OP. The largest absolute Gasteiger partial charge is 0.497 e. The van der Waals surface area contributed by atoms with Gasteiger partial charge >= 0.3 is 0 Å². The lowest BCUT2D eigenvalue weighted by molar-refractivity contribution is 0.414. The van der Waals surface area contributed by atoms with Crippen LogP contribution in [0, 0.1) is 5.92 Å². The van der Waals surface area contributed by atoms with Crippen molar-refractivity contribution in [1.29, 1.82) is 0 Å². The van der Waals surface area contributed by atoms with Gasteiger partial charge in [-0.05, 0) is 36.7 Å². The Hall–Kier alpha value is -0.550. The molecule has 0 saturated carbocycles. The maximum atomic E-state index is 5.17. The zero-order chi connectivity index (χ0) is 11.3. The zero-order valence-corrected chi connectivity index (χ0v) is 11.1. The molecule has 0 aromatic heterocycles. The van der Waals surface area contributed by atoms with Crippen molar-refractivity contribution in [3.8, 4) is 5.75 Å². The van der Waals surface area contributed by atoms with Crippen LogP contribution in [0.3, 0.4) is 0 Å². The van der Waals surface area contributed by atoms with Gasteiger partial charge in [-0.2, -0.15) is 0 Å². The summed E-state index contributed by atoms with van der Waals surface area (Å²) in [5.74, 6) is 1.71. The van der Waals surface area contributed by atoms with Crippen molar-refractivity contribution in [2.45, 2.75) is 25.9 Å². The molecule has 0 fully saturated rings. The second-order valence-electron chi connectivity index (χ2n) is 4.24. The quantitative estimate of drug-likeness (QED) is 0.684. The van der Waals surface area contributed by atoms with E-state index in [4.69, 9.17) is 4.74 Å². The van der Waals surface area contributed by atoms with E-state index in [1.807, 2.05) is 0 Å². The van der Waals surface area contributed by atoms with Crippen molar-refractivity contribution in [2.75, 3.05) is 13.8 Å². The van der Waals surface area contributed by atoms with Crippen molar-refractivity contribution < 1.29 is 4.74 Å². The number of hydrogen-bond acceptors (Lipinski definition) is 1. The molecule has 1 aromatic rings. The van der Waals surface area contributed by atoms with Crippen LogP contribution >= 0.6 is 8.58 Å². The third kappa shape index (κ3) is 3.83. The van der Waals surface area contributed by atoms with Crippen molar-refractivity contribution in [3.05, 3.63) is 29.8 Å². The van der Waals surface area contributed by atoms with E-state index in [1.165, 1.54) is 12.0 Å². The summed E-state index contributed by atoms with van der Waals surface area (Å²) in [7, 11) is 2.69. The first-order chi connectivity index (χ1) is 7.17. The molecule has 0 heterocycles. The van der Waals surface area contributed by atoms with Crippen LogP contribution in [-0.2, 0) is 0 Å². The molecule has 2 unspecified atom stereocenters. The first kappa shape index (κ1) is 12.5. The van der Waals surface area contributed by atoms with E-state index in [9.17, 15) is 0 Å². The molecule has 2 atom stereocenters. The van der Waals surface area contributed by atoms with Gasteiger partial charge in [0, 0.05) is 5.66 Å². The molecule has 84 valence electrons. The smallest absolute Gasteiger partial charge is 0.118 e. The number of benzene rings is 1. The van der Waals surface area contributed by atoms with Gasteiger partial charge in [-0.15, -0.1) is 8.58 Å². The number of rotatable bonds is 5. The van der Waals surface area contributed by atoms with Crippen LogP contribution in [0.5, 0.6) is 5.75 Å². The van der Waals surface area contributed by atoms with Gasteiger partial charge in [-0.25, -0.2) is 0 Å². The number of ether oxygens (including phenoxy) is 1. The Balaban J connectivity index is 2.74. The van der Waals surface area contributed by atoms with E-state index in [1.54, 1.807) is 7.11 Å². The standard InChI is InChI=1S/C13H21OP/c1-10(2)9-13(15-4)11-5-7-12(14-3)8-6-11/h5-8,10,13,15H,9H2,1-4H3. The van der Waals surface area contributed by atoms with Crippen LogP contribution < -0.4 is 4.74 Å². The summed E-state index contributed by atoms with van der Waals surface area (Å²) < 4.78 is 5.17. The molecule has 0 N–H and O–H groups in total. The highest BCUT2D eigenvalue weighted by molar-refractivity contribution is 7.37. The Labute approximate surface area is 95.0 Å². The molecule has 0 aliphatic rings. The van der Waals surface area contributed by atoms with E-state index >= 15 is 0 Å². The highest BCUT2D eigenvalue weighted by Crippen LogP contribution is 2.37. The molecule has 2 heteroatoms. The Bertz CT molecular complexity index is 279. The number of methoxy groups -OCH3 is 1. The topological polar surface area (TPSA) is 9.23 Å². The van der Waals surface area contributed by atoms with Crippen molar-refractivity contribution in [1.82, 2.24) is 0 Å². The summed E-state index contributed by atoms with van der Waals surface area (Å²) in [4.78, 5) is 0. The maximum Gasteiger partial charge on any atom is 0.118 e. The SMILES string of the molecule is COc1ccc(C(CC(C)C)PC)cc1. The average molecular weight is 224 g/mol. The fourth-order valence-electron chi connectivity index (χ4n) is 1.73. The van der Waals surface area contributed by atoms with Gasteiger partial charge in [0.15, 0.2) is 0 Å². The molecule has 0 spiro atoms. The summed E-state index contributed by atoms with van der Waals surface area (Å²) in [5, 5.41) is 0. The van der Waals surface area contributed by atoms with Gasteiger partial charge in [0.25, 0.3) is 0 Å². The van der Waals surface area contributed by atoms with Gasteiger partial charge in [-0.3, -0.25) is 0 Å². The van der Waals surface area contributed by atoms with Gasteiger partial charge in [0.05, 0.1) is 7.11 Å². The molecule has 1 aromatic carbocycles. The molecule has 0 saturated heterocycles. The second kappa shape index (κ2) is 6.12. The Kier molecular flexibility index (Phi) is 5.11. The van der Waals surface area contributed by atoms with Crippen molar-refractivity contribution >= 4 is 8.58 Å². The summed E-state index contributed by atoms with van der Waals surface area (Å²) in [5.41, 5.74) is 2.17. The predicted octanol–water partition coefficient (Wildman–Crippen LogP) is 4.09. The lowest BCUT2D eigenvalue weighted by Gasteiger charge is -2.17. The van der Waals surface area contributed by atoms with Crippen LogP contribution in [0.1, 0.15) is 31.5 Å². The van der Waals surface area contributed by atoms with E-state index in [0.717, 1.165) is 25.9 Å². The molecule has 0 radical (unpaired) electrons. The minimum absolute atomic E-state index is 0.718. The highest BCUT2D eigenvalue weighted by atomic mass is 31.1. The van der Waals surface area contributed by atoms with Crippen LogP contribution in [0.25, 0.3) is 0 Å². The van der Waals surface area contributed by atoms with E-state index < -0.39 is 0 Å². The van der Waals surface area contributed by atoms with Gasteiger partial charge in [0.1, 0.15) is 5.75 Å². The lowest BCUT2D eigenvalue weighted by atomic mass is 10.0. The summed E-state index contributed by atoms with van der Waals surface area (Å²) >= 11 is 0. The normalized spacial score (nSPS) is 13.7. The monoisotopic (exact) mass is 224 g/mol. The molecule has 0 aliphatic carbocycles. The average Bonchev–Trinajstić information content (AvgIpc) is 2.26. The first-order valence-corrected chi connectivity index (χ1v) is 7.06. The molecule has 1 nitrogen and oxygen atoms in total. The molecular weight excluding hydrogens is 203 g/mol.